The SMILES string of the molecule is COC(C)C(C)(O)c1ccc(Br)c(Cl)c1F. The van der Waals surface area contributed by atoms with Crippen LogP contribution in [0.25, 0.3) is 0 Å². The molecule has 0 saturated heterocycles. The number of ether oxygens (including phenoxy) is 1. The van der Waals surface area contributed by atoms with Gasteiger partial charge in [-0.2, -0.15) is 0 Å². The summed E-state index contributed by atoms with van der Waals surface area (Å²) in [7, 11) is 1.46. The second-order valence-electron chi connectivity index (χ2n) is 3.75. The molecule has 0 bridgehead atoms. The van der Waals surface area contributed by atoms with E-state index >= 15 is 0 Å². The highest BCUT2D eigenvalue weighted by Crippen LogP contribution is 2.35. The van der Waals surface area contributed by atoms with E-state index in [2.05, 4.69) is 15.9 Å². The maximum absolute atomic E-state index is 13.9. The topological polar surface area (TPSA) is 29.5 Å². The average Bonchev–Trinajstić information content (AvgIpc) is 2.24. The van der Waals surface area contributed by atoms with Gasteiger partial charge in [0.2, 0.25) is 0 Å². The van der Waals surface area contributed by atoms with Gasteiger partial charge in [0.1, 0.15) is 11.4 Å². The minimum Gasteiger partial charge on any atom is -0.383 e. The summed E-state index contributed by atoms with van der Waals surface area (Å²) in [6, 6.07) is 3.08. The molecule has 0 aliphatic carbocycles. The largest absolute Gasteiger partial charge is 0.383 e. The van der Waals surface area contributed by atoms with Gasteiger partial charge in [-0.3, -0.25) is 0 Å². The zero-order valence-corrected chi connectivity index (χ0v) is 11.6. The summed E-state index contributed by atoms with van der Waals surface area (Å²) in [6.45, 7) is 3.15. The van der Waals surface area contributed by atoms with Gasteiger partial charge in [0.25, 0.3) is 0 Å². The Morgan fingerprint density at radius 3 is 2.62 bits per heavy atom. The molecular formula is C11H13BrClFO2. The second kappa shape index (κ2) is 5.00. The predicted molar refractivity (Wildman–Crippen MR) is 65.2 cm³/mol. The third-order valence-corrected chi connectivity index (χ3v) is 3.98. The molecule has 16 heavy (non-hydrogen) atoms. The van der Waals surface area contributed by atoms with Crippen molar-refractivity contribution in [2.75, 3.05) is 7.11 Å². The molecule has 0 amide bonds. The highest BCUT2D eigenvalue weighted by Gasteiger charge is 2.34. The monoisotopic (exact) mass is 310 g/mol. The average molecular weight is 312 g/mol. The first kappa shape index (κ1) is 13.9. The summed E-state index contributed by atoms with van der Waals surface area (Å²) in [5.41, 5.74) is -1.31. The summed E-state index contributed by atoms with van der Waals surface area (Å²) >= 11 is 8.88. The standard InChI is InChI=1S/C11H13BrClFO2/c1-6(16-3)11(2,15)7-4-5-8(12)9(13)10(7)14/h4-6,15H,1-3H3. The molecule has 1 aromatic carbocycles. The Hall–Kier alpha value is -0.160. The number of halogens is 3. The van der Waals surface area contributed by atoms with Crippen molar-refractivity contribution in [2.24, 2.45) is 0 Å². The number of hydrogen-bond donors (Lipinski definition) is 1. The molecular weight excluding hydrogens is 298 g/mol. The molecule has 0 spiro atoms. The fourth-order valence-corrected chi connectivity index (χ4v) is 1.84. The maximum atomic E-state index is 13.9. The highest BCUT2D eigenvalue weighted by molar-refractivity contribution is 9.10. The summed E-state index contributed by atoms with van der Waals surface area (Å²) in [5, 5.41) is 10.2. The molecule has 2 unspecified atom stereocenters. The quantitative estimate of drug-likeness (QED) is 0.866. The van der Waals surface area contributed by atoms with E-state index in [1.807, 2.05) is 0 Å². The number of aliphatic hydroxyl groups is 1. The van der Waals surface area contributed by atoms with Crippen LogP contribution in [0.4, 0.5) is 4.39 Å². The lowest BCUT2D eigenvalue weighted by molar-refractivity contribution is -0.0790. The number of benzene rings is 1. The lowest BCUT2D eigenvalue weighted by Crippen LogP contribution is -2.36. The van der Waals surface area contributed by atoms with Crippen LogP contribution in [0, 0.1) is 5.82 Å². The van der Waals surface area contributed by atoms with Gasteiger partial charge in [-0.25, -0.2) is 4.39 Å². The van der Waals surface area contributed by atoms with Gasteiger partial charge in [0.15, 0.2) is 0 Å². The summed E-state index contributed by atoms with van der Waals surface area (Å²) < 4.78 is 19.4. The number of hydrogen-bond acceptors (Lipinski definition) is 2. The Morgan fingerprint density at radius 2 is 2.12 bits per heavy atom. The van der Waals surface area contributed by atoms with E-state index in [1.54, 1.807) is 13.0 Å². The lowest BCUT2D eigenvalue weighted by atomic mass is 9.90. The molecule has 0 aliphatic heterocycles. The molecule has 90 valence electrons. The molecule has 2 nitrogen and oxygen atoms in total. The molecule has 0 saturated carbocycles. The molecule has 2 atom stereocenters. The zero-order valence-electron chi connectivity index (χ0n) is 9.22. The number of methoxy groups -OCH3 is 1. The molecule has 5 heteroatoms. The molecule has 1 N–H and O–H groups in total. The predicted octanol–water partition coefficient (Wildman–Crippen LogP) is 3.48. The van der Waals surface area contributed by atoms with Gasteiger partial charge < -0.3 is 9.84 Å². The van der Waals surface area contributed by atoms with Crippen molar-refractivity contribution in [3.63, 3.8) is 0 Å². The Balaban J connectivity index is 3.29. The van der Waals surface area contributed by atoms with Crippen LogP contribution in [0.15, 0.2) is 16.6 Å². The smallest absolute Gasteiger partial charge is 0.149 e. The van der Waals surface area contributed by atoms with E-state index in [1.165, 1.54) is 20.1 Å². The van der Waals surface area contributed by atoms with E-state index in [-0.39, 0.29) is 10.6 Å². The van der Waals surface area contributed by atoms with E-state index in [9.17, 15) is 9.50 Å². The van der Waals surface area contributed by atoms with E-state index in [0.717, 1.165) is 0 Å². The van der Waals surface area contributed by atoms with Gasteiger partial charge in [0.05, 0.1) is 11.1 Å². The van der Waals surface area contributed by atoms with Crippen LogP contribution in [0.1, 0.15) is 19.4 Å². The van der Waals surface area contributed by atoms with Gasteiger partial charge in [-0.1, -0.05) is 17.7 Å². The maximum Gasteiger partial charge on any atom is 0.149 e. The van der Waals surface area contributed by atoms with E-state index < -0.39 is 17.5 Å². The van der Waals surface area contributed by atoms with Gasteiger partial charge in [0, 0.05) is 17.1 Å². The molecule has 0 aromatic heterocycles. The summed E-state index contributed by atoms with van der Waals surface area (Å²) in [6.07, 6.45) is -0.542. The molecule has 0 heterocycles. The van der Waals surface area contributed by atoms with Crippen molar-refractivity contribution in [3.8, 4) is 0 Å². The van der Waals surface area contributed by atoms with E-state index in [4.69, 9.17) is 16.3 Å². The van der Waals surface area contributed by atoms with Gasteiger partial charge in [-0.15, -0.1) is 0 Å². The first-order valence-corrected chi connectivity index (χ1v) is 5.88. The normalized spacial score (nSPS) is 16.9. The van der Waals surface area contributed by atoms with Crippen molar-refractivity contribution in [1.82, 2.24) is 0 Å². The van der Waals surface area contributed by atoms with Crippen LogP contribution in [-0.2, 0) is 10.3 Å². The lowest BCUT2D eigenvalue weighted by Gasteiger charge is -2.30. The van der Waals surface area contributed by atoms with Crippen molar-refractivity contribution in [3.05, 3.63) is 33.0 Å². The molecule has 1 rings (SSSR count). The number of rotatable bonds is 3. The van der Waals surface area contributed by atoms with Crippen LogP contribution < -0.4 is 0 Å². The Morgan fingerprint density at radius 1 is 1.56 bits per heavy atom. The van der Waals surface area contributed by atoms with Crippen molar-refractivity contribution in [1.29, 1.82) is 0 Å². The minimum absolute atomic E-state index is 0.0407. The highest BCUT2D eigenvalue weighted by atomic mass is 79.9. The molecule has 0 fully saturated rings. The zero-order chi connectivity index (χ0) is 12.5. The Labute approximate surface area is 108 Å². The first-order chi connectivity index (χ1) is 7.32. The van der Waals surface area contributed by atoms with Crippen molar-refractivity contribution >= 4 is 27.5 Å². The van der Waals surface area contributed by atoms with Crippen molar-refractivity contribution in [2.45, 2.75) is 25.6 Å². The van der Waals surface area contributed by atoms with Crippen molar-refractivity contribution < 1.29 is 14.2 Å². The third-order valence-electron chi connectivity index (χ3n) is 2.73. The first-order valence-electron chi connectivity index (χ1n) is 4.71. The Kier molecular flexibility index (Phi) is 4.35. The molecule has 0 radical (unpaired) electrons. The Bertz CT molecular complexity index is 396. The fraction of sp³-hybridized carbons (Fsp3) is 0.455. The van der Waals surface area contributed by atoms with Gasteiger partial charge in [-0.05, 0) is 35.8 Å². The second-order valence-corrected chi connectivity index (χ2v) is 4.98. The molecule has 1 aromatic rings. The third kappa shape index (κ3) is 2.40. The minimum atomic E-state index is -1.43. The molecule has 0 aliphatic rings. The van der Waals surface area contributed by atoms with Gasteiger partial charge >= 0.3 is 0 Å². The fourth-order valence-electron chi connectivity index (χ4n) is 1.37. The summed E-state index contributed by atoms with van der Waals surface area (Å²) in [4.78, 5) is 0. The van der Waals surface area contributed by atoms with Crippen LogP contribution in [0.3, 0.4) is 0 Å². The van der Waals surface area contributed by atoms with Crippen LogP contribution in [0.5, 0.6) is 0 Å². The van der Waals surface area contributed by atoms with Crippen LogP contribution in [0.2, 0.25) is 5.02 Å². The summed E-state index contributed by atoms with van der Waals surface area (Å²) in [5.74, 6) is -0.634. The van der Waals surface area contributed by atoms with E-state index in [0.29, 0.717) is 4.47 Å². The van der Waals surface area contributed by atoms with Crippen LogP contribution in [-0.4, -0.2) is 18.3 Å². The van der Waals surface area contributed by atoms with Crippen LogP contribution >= 0.6 is 27.5 Å².